The second-order valence-corrected chi connectivity index (χ2v) is 21.2. The van der Waals surface area contributed by atoms with E-state index in [1.807, 2.05) is 0 Å². The minimum Gasteiger partial charge on any atom is -0.508 e. The molecule has 458 valence electrons. The summed E-state index contributed by atoms with van der Waals surface area (Å²) in [6.07, 6.45) is -3.89. The molecule has 29 nitrogen and oxygen atoms in total. The van der Waals surface area contributed by atoms with E-state index in [9.17, 15) is 83.1 Å². The Hall–Kier alpha value is -7.39. The van der Waals surface area contributed by atoms with Gasteiger partial charge in [-0.25, -0.2) is 4.79 Å². The van der Waals surface area contributed by atoms with Crippen LogP contribution in [0.5, 0.6) is 11.5 Å². The van der Waals surface area contributed by atoms with Crippen LogP contribution in [0.2, 0.25) is 0 Å². The van der Waals surface area contributed by atoms with Gasteiger partial charge in [-0.15, -0.1) is 0 Å². The van der Waals surface area contributed by atoms with Crippen LogP contribution in [0.3, 0.4) is 0 Å². The number of primary amides is 2. The van der Waals surface area contributed by atoms with Gasteiger partial charge in [0.05, 0.1) is 24.7 Å². The first-order valence-electron chi connectivity index (χ1n) is 26.0. The molecule has 1 saturated heterocycles. The number of carbonyl (C=O) groups is 12. The van der Waals surface area contributed by atoms with Gasteiger partial charge in [-0.3, -0.25) is 52.7 Å². The third-order valence-corrected chi connectivity index (χ3v) is 14.3. The summed E-state index contributed by atoms with van der Waals surface area (Å²) < 4.78 is 0. The fourth-order valence-corrected chi connectivity index (χ4v) is 9.20. The number of rotatable bonds is 34. The van der Waals surface area contributed by atoms with Gasteiger partial charge in [0.15, 0.2) is 0 Å². The van der Waals surface area contributed by atoms with Crippen molar-refractivity contribution in [1.29, 1.82) is 0 Å². The number of carboxylic acid groups (broad SMARTS) is 1. The number of amides is 11. The monoisotopic (exact) mass is 1220 g/mol. The molecule has 2 aromatic rings. The first-order chi connectivity index (χ1) is 39.1. The average Bonchev–Trinajstić information content (AvgIpc) is 4.23. The van der Waals surface area contributed by atoms with E-state index in [4.69, 9.17) is 17.2 Å². The number of nitrogens with one attached hydrogen (secondary N) is 8. The Bertz CT molecular complexity index is 2620. The summed E-state index contributed by atoms with van der Waals surface area (Å²) >= 11 is 9.27. The number of carboxylic acids is 1. The maximum Gasteiger partial charge on any atom is 0.327 e. The van der Waals surface area contributed by atoms with E-state index in [1.54, 1.807) is 6.26 Å². The number of hydrogen-bond acceptors (Lipinski definition) is 20. The van der Waals surface area contributed by atoms with Crippen LogP contribution in [0.25, 0.3) is 0 Å². The Morgan fingerprint density at radius 1 is 0.590 bits per heavy atom. The highest BCUT2D eigenvalue weighted by Crippen LogP contribution is 2.21. The lowest BCUT2D eigenvalue weighted by molar-refractivity contribution is -0.144. The largest absolute Gasteiger partial charge is 0.508 e. The number of aliphatic carboxylic acids is 1. The van der Waals surface area contributed by atoms with E-state index in [0.29, 0.717) is 16.9 Å². The van der Waals surface area contributed by atoms with Crippen molar-refractivity contribution in [2.75, 3.05) is 30.1 Å². The highest BCUT2D eigenvalue weighted by molar-refractivity contribution is 7.98. The molecule has 0 saturated carbocycles. The number of thiol groups is 2. The molecule has 1 fully saturated rings. The highest BCUT2D eigenvalue weighted by atomic mass is 32.2. The SMILES string of the molecule is CSCC[C@H](NC(=O)[C@H](CCC(N)=O)NC(=O)[C@H](Cc1ccc(O)cc1)NC(=O)[C@@H](NC(=O)[C@@H](NC(=O)[C@@H]1CCCN1C(=O)[C@H](CC(N)=O)NC(=O)[C@H](Cc1ccc(O)cc1)NC(=O)[C@@H](N)CS)[C@@H](C)O)[C@@H](C)O)C(=O)N[C@@H](CS)C(=O)O. The highest BCUT2D eigenvalue weighted by Gasteiger charge is 2.42. The number of aliphatic hydroxyl groups is 2. The lowest BCUT2D eigenvalue weighted by Gasteiger charge is -2.31. The molecular formula is C51H74N12O17S3. The fraction of sp³-hybridized carbons (Fsp3) is 0.529. The first-order valence-corrected chi connectivity index (χ1v) is 28.7. The van der Waals surface area contributed by atoms with Gasteiger partial charge in [-0.1, -0.05) is 24.3 Å². The number of nitrogens with two attached hydrogens (primary N) is 3. The molecule has 0 aromatic heterocycles. The molecule has 19 N–H and O–H groups in total. The fourth-order valence-electron chi connectivity index (χ4n) is 8.32. The maximum atomic E-state index is 14.3. The summed E-state index contributed by atoms with van der Waals surface area (Å²) in [4.78, 5) is 161. The molecule has 32 heteroatoms. The van der Waals surface area contributed by atoms with Crippen molar-refractivity contribution in [3.8, 4) is 11.5 Å². The molecule has 0 spiro atoms. The van der Waals surface area contributed by atoms with Crippen LogP contribution in [0.1, 0.15) is 63.5 Å². The molecule has 3 rings (SSSR count). The van der Waals surface area contributed by atoms with Crippen molar-refractivity contribution in [2.24, 2.45) is 17.2 Å². The van der Waals surface area contributed by atoms with Crippen molar-refractivity contribution >= 4 is 108 Å². The van der Waals surface area contributed by atoms with Crippen LogP contribution in [-0.2, 0) is 70.4 Å². The lowest BCUT2D eigenvalue weighted by Crippen LogP contribution is -2.63. The summed E-state index contributed by atoms with van der Waals surface area (Å²) in [6.45, 7) is 2.07. The van der Waals surface area contributed by atoms with Crippen molar-refractivity contribution in [1.82, 2.24) is 47.4 Å². The normalized spacial score (nSPS) is 16.9. The van der Waals surface area contributed by atoms with E-state index in [-0.39, 0.29) is 61.7 Å². The van der Waals surface area contributed by atoms with Gasteiger partial charge >= 0.3 is 5.97 Å². The summed E-state index contributed by atoms with van der Waals surface area (Å²) in [5.41, 5.74) is 17.5. The van der Waals surface area contributed by atoms with Crippen molar-refractivity contribution in [2.45, 2.75) is 138 Å². The predicted molar refractivity (Wildman–Crippen MR) is 306 cm³/mol. The number of phenols is 2. The molecule has 0 bridgehead atoms. The molecule has 1 aliphatic rings. The number of carbonyl (C=O) groups excluding carboxylic acids is 11. The minimum atomic E-state index is -1.95. The second-order valence-electron chi connectivity index (χ2n) is 19.5. The van der Waals surface area contributed by atoms with Crippen LogP contribution < -0.4 is 59.7 Å². The number of phenolic OH excluding ortho intramolecular Hbond substituents is 2. The number of aromatic hydroxyl groups is 2. The van der Waals surface area contributed by atoms with Crippen molar-refractivity contribution in [3.05, 3.63) is 59.7 Å². The van der Waals surface area contributed by atoms with Gasteiger partial charge in [0.1, 0.15) is 65.9 Å². The number of hydrogen-bond donors (Lipinski definition) is 18. The van der Waals surface area contributed by atoms with Gasteiger partial charge in [0, 0.05) is 37.3 Å². The number of likely N-dealkylation sites (tertiary alicyclic amines) is 1. The van der Waals surface area contributed by atoms with Crippen molar-refractivity contribution in [3.63, 3.8) is 0 Å². The Labute approximate surface area is 492 Å². The third-order valence-electron chi connectivity index (χ3n) is 12.9. The van der Waals surface area contributed by atoms with Gasteiger partial charge in [-0.2, -0.15) is 37.0 Å². The summed E-state index contributed by atoms with van der Waals surface area (Å²) in [5.74, 6) is -12.9. The molecule has 2 aromatic carbocycles. The topological polar surface area (TPSA) is 484 Å². The Morgan fingerprint density at radius 2 is 1.02 bits per heavy atom. The zero-order valence-electron chi connectivity index (χ0n) is 45.6. The number of aliphatic hydroxyl groups excluding tert-OH is 2. The molecule has 1 aliphatic heterocycles. The first kappa shape index (κ1) is 69.9. The molecule has 12 atom stereocenters. The quantitative estimate of drug-likeness (QED) is 0.0291. The zero-order valence-corrected chi connectivity index (χ0v) is 48.3. The van der Waals surface area contributed by atoms with Crippen LogP contribution in [0.15, 0.2) is 48.5 Å². The number of benzene rings is 2. The Morgan fingerprint density at radius 3 is 1.47 bits per heavy atom. The van der Waals surface area contributed by atoms with Gasteiger partial charge in [-0.05, 0) is 86.9 Å². The predicted octanol–water partition coefficient (Wildman–Crippen LogP) is -5.32. The molecule has 0 radical (unpaired) electrons. The minimum absolute atomic E-state index is 0.0118. The third kappa shape index (κ3) is 22.7. The van der Waals surface area contributed by atoms with E-state index < -0.39 is 163 Å². The lowest BCUT2D eigenvalue weighted by atomic mass is 10.0. The Kier molecular flexibility index (Phi) is 28.9. The number of nitrogens with zero attached hydrogens (tertiary/aromatic N) is 1. The van der Waals surface area contributed by atoms with E-state index in [2.05, 4.69) is 67.8 Å². The van der Waals surface area contributed by atoms with E-state index >= 15 is 0 Å². The smallest absolute Gasteiger partial charge is 0.327 e. The summed E-state index contributed by atoms with van der Waals surface area (Å²) in [7, 11) is 0. The molecular weight excluding hydrogens is 1150 g/mol. The summed E-state index contributed by atoms with van der Waals surface area (Å²) in [5, 5.41) is 70.1. The van der Waals surface area contributed by atoms with Gasteiger partial charge < -0.3 is 90.2 Å². The van der Waals surface area contributed by atoms with Gasteiger partial charge in [0.2, 0.25) is 65.0 Å². The zero-order chi connectivity index (χ0) is 62.2. The maximum absolute atomic E-state index is 14.3. The molecule has 0 unspecified atom stereocenters. The molecule has 11 amide bonds. The standard InChI is InChI=1S/C51H74N12O17S3/c1-24(64)40(48(76)58-34(20-27-8-12-29(67)13-9-27)45(73)55-31(14-15-38(53)68)43(71)56-32(16-18-83-3)44(72)60-36(23-82)51(79)80)62-49(77)41(25(2)65)61-47(75)37-5-4-17-63(37)50(78)35(21-39(54)69)59-46(74)33(57-42(70)30(52)22-81)19-26-6-10-28(66)11-7-26/h6-13,24-25,30-37,40-41,64-67,81-82H,4-5,14-23,52H2,1-3H3,(H2,53,68)(H2,54,69)(H,55,73)(H,56,71)(H,57,70)(H,58,76)(H,59,74)(H,60,72)(H,61,75)(H,62,77)(H,79,80)/t24-,25-,30+,31+,32+,33+,34+,35+,36+,37+,40+,41+/m1/s1. The average molecular weight is 1220 g/mol. The second kappa shape index (κ2) is 34.3. The van der Waals surface area contributed by atoms with Gasteiger partial charge in [0.25, 0.3) is 0 Å². The number of thioether (sulfide) groups is 1. The summed E-state index contributed by atoms with van der Waals surface area (Å²) in [6, 6.07) is -4.66. The van der Waals surface area contributed by atoms with Crippen LogP contribution in [0.4, 0.5) is 0 Å². The van der Waals surface area contributed by atoms with Crippen molar-refractivity contribution < 1.29 is 83.1 Å². The van der Waals surface area contributed by atoms with Crippen LogP contribution in [-0.4, -0.2) is 204 Å². The molecule has 83 heavy (non-hydrogen) atoms. The van der Waals surface area contributed by atoms with E-state index in [1.165, 1.54) is 60.3 Å². The van der Waals surface area contributed by atoms with Crippen LogP contribution >= 0.6 is 37.0 Å². The van der Waals surface area contributed by atoms with E-state index in [0.717, 1.165) is 18.7 Å². The Balaban J connectivity index is 1.89. The molecule has 1 heterocycles. The molecule has 0 aliphatic carbocycles. The van der Waals surface area contributed by atoms with Crippen LogP contribution in [0, 0.1) is 0 Å².